The lowest BCUT2D eigenvalue weighted by molar-refractivity contribution is -0.123. The minimum atomic E-state index is -0.240. The SMILES string of the molecule is O=C(COc1ccc(Cl)cc1)NCc1ccc(Cl)cc1Cl. The fourth-order valence-corrected chi connectivity index (χ4v) is 2.19. The Bertz CT molecular complexity index is 629. The molecule has 0 atom stereocenters. The van der Waals surface area contributed by atoms with Crippen molar-refractivity contribution in [2.45, 2.75) is 6.54 Å². The van der Waals surface area contributed by atoms with Crippen LogP contribution in [0.3, 0.4) is 0 Å². The Morgan fingerprint density at radius 3 is 2.33 bits per heavy atom. The van der Waals surface area contributed by atoms with Crippen molar-refractivity contribution in [3.05, 3.63) is 63.1 Å². The van der Waals surface area contributed by atoms with E-state index in [1.165, 1.54) is 0 Å². The lowest BCUT2D eigenvalue weighted by Crippen LogP contribution is -2.28. The number of hydrogen-bond acceptors (Lipinski definition) is 2. The van der Waals surface area contributed by atoms with E-state index in [4.69, 9.17) is 39.5 Å². The number of rotatable bonds is 5. The maximum atomic E-state index is 11.7. The van der Waals surface area contributed by atoms with Gasteiger partial charge in [-0.1, -0.05) is 40.9 Å². The molecule has 1 N–H and O–H groups in total. The zero-order valence-electron chi connectivity index (χ0n) is 10.9. The summed E-state index contributed by atoms with van der Waals surface area (Å²) < 4.78 is 5.34. The molecular weight excluding hydrogens is 333 g/mol. The van der Waals surface area contributed by atoms with E-state index in [0.29, 0.717) is 27.4 Å². The predicted octanol–water partition coefficient (Wildman–Crippen LogP) is 4.34. The Kier molecular flexibility index (Phi) is 5.74. The molecule has 6 heteroatoms. The highest BCUT2D eigenvalue weighted by Gasteiger charge is 2.05. The van der Waals surface area contributed by atoms with Crippen LogP contribution < -0.4 is 10.1 Å². The quantitative estimate of drug-likeness (QED) is 0.876. The van der Waals surface area contributed by atoms with Crippen LogP contribution >= 0.6 is 34.8 Å². The molecule has 0 saturated carbocycles. The normalized spacial score (nSPS) is 10.2. The molecule has 0 aromatic heterocycles. The van der Waals surface area contributed by atoms with Gasteiger partial charge in [0, 0.05) is 21.6 Å². The van der Waals surface area contributed by atoms with Gasteiger partial charge < -0.3 is 10.1 Å². The molecule has 2 aromatic carbocycles. The molecule has 0 heterocycles. The molecule has 3 nitrogen and oxygen atoms in total. The lowest BCUT2D eigenvalue weighted by atomic mass is 10.2. The molecule has 0 bridgehead atoms. The minimum Gasteiger partial charge on any atom is -0.484 e. The third kappa shape index (κ3) is 5.12. The Morgan fingerprint density at radius 1 is 1.00 bits per heavy atom. The van der Waals surface area contributed by atoms with E-state index < -0.39 is 0 Å². The Hall–Kier alpha value is -1.42. The Morgan fingerprint density at radius 2 is 1.67 bits per heavy atom. The molecule has 0 aliphatic carbocycles. The van der Waals surface area contributed by atoms with E-state index in [-0.39, 0.29) is 12.5 Å². The number of halogens is 3. The molecule has 2 rings (SSSR count). The van der Waals surface area contributed by atoms with Crippen LogP contribution in [0.25, 0.3) is 0 Å². The molecule has 0 saturated heterocycles. The average Bonchev–Trinajstić information content (AvgIpc) is 2.46. The van der Waals surface area contributed by atoms with Crippen molar-refractivity contribution in [1.82, 2.24) is 5.32 Å². The molecule has 21 heavy (non-hydrogen) atoms. The number of ether oxygens (including phenoxy) is 1. The second-order valence-corrected chi connectivity index (χ2v) is 5.54. The summed E-state index contributed by atoms with van der Waals surface area (Å²) in [6.45, 7) is 0.242. The van der Waals surface area contributed by atoms with Crippen molar-refractivity contribution < 1.29 is 9.53 Å². The van der Waals surface area contributed by atoms with Gasteiger partial charge in [-0.3, -0.25) is 4.79 Å². The molecule has 2 aromatic rings. The van der Waals surface area contributed by atoms with Crippen LogP contribution in [0.15, 0.2) is 42.5 Å². The summed E-state index contributed by atoms with van der Waals surface area (Å²) in [5.74, 6) is 0.343. The molecule has 0 fully saturated rings. The van der Waals surface area contributed by atoms with Crippen LogP contribution in [0.5, 0.6) is 5.75 Å². The molecule has 0 aliphatic rings. The minimum absolute atomic E-state index is 0.0765. The molecule has 0 unspecified atom stereocenters. The number of amides is 1. The van der Waals surface area contributed by atoms with E-state index in [1.807, 2.05) is 0 Å². The molecule has 0 aliphatic heterocycles. The van der Waals surface area contributed by atoms with Gasteiger partial charge in [0.25, 0.3) is 5.91 Å². The largest absolute Gasteiger partial charge is 0.484 e. The van der Waals surface area contributed by atoms with Gasteiger partial charge in [-0.05, 0) is 42.0 Å². The first-order valence-electron chi connectivity index (χ1n) is 6.13. The fraction of sp³-hybridized carbons (Fsp3) is 0.133. The van der Waals surface area contributed by atoms with Crippen LogP contribution in [-0.4, -0.2) is 12.5 Å². The lowest BCUT2D eigenvalue weighted by Gasteiger charge is -2.09. The van der Waals surface area contributed by atoms with Gasteiger partial charge in [0.15, 0.2) is 6.61 Å². The van der Waals surface area contributed by atoms with Gasteiger partial charge in [0.1, 0.15) is 5.75 Å². The van der Waals surface area contributed by atoms with Crippen LogP contribution in [0, 0.1) is 0 Å². The van der Waals surface area contributed by atoms with E-state index in [0.717, 1.165) is 5.56 Å². The summed E-state index contributed by atoms with van der Waals surface area (Å²) in [5, 5.41) is 4.41. The van der Waals surface area contributed by atoms with Crippen molar-refractivity contribution in [2.75, 3.05) is 6.61 Å². The van der Waals surface area contributed by atoms with E-state index in [2.05, 4.69) is 5.32 Å². The van der Waals surface area contributed by atoms with Gasteiger partial charge in [-0.25, -0.2) is 0 Å². The second-order valence-electron chi connectivity index (χ2n) is 4.26. The van der Waals surface area contributed by atoms with Crippen molar-refractivity contribution in [3.8, 4) is 5.75 Å². The highest BCUT2D eigenvalue weighted by atomic mass is 35.5. The van der Waals surface area contributed by atoms with Crippen LogP contribution in [-0.2, 0) is 11.3 Å². The third-order valence-electron chi connectivity index (χ3n) is 2.67. The van der Waals surface area contributed by atoms with Gasteiger partial charge in [0.05, 0.1) is 0 Å². The first-order valence-corrected chi connectivity index (χ1v) is 7.27. The molecule has 110 valence electrons. The third-order valence-corrected chi connectivity index (χ3v) is 3.51. The maximum Gasteiger partial charge on any atom is 0.258 e. The fourth-order valence-electron chi connectivity index (χ4n) is 1.59. The highest BCUT2D eigenvalue weighted by Crippen LogP contribution is 2.20. The Balaban J connectivity index is 1.80. The first kappa shape index (κ1) is 16.0. The average molecular weight is 345 g/mol. The van der Waals surface area contributed by atoms with Crippen molar-refractivity contribution >= 4 is 40.7 Å². The highest BCUT2D eigenvalue weighted by molar-refractivity contribution is 6.35. The number of hydrogen-bond donors (Lipinski definition) is 1. The van der Waals surface area contributed by atoms with Crippen LogP contribution in [0.4, 0.5) is 0 Å². The number of carbonyl (C=O) groups is 1. The summed E-state index contributed by atoms with van der Waals surface area (Å²) in [7, 11) is 0. The van der Waals surface area contributed by atoms with Crippen molar-refractivity contribution in [3.63, 3.8) is 0 Å². The molecule has 0 spiro atoms. The summed E-state index contributed by atoms with van der Waals surface area (Å²) in [6, 6.07) is 11.9. The van der Waals surface area contributed by atoms with Gasteiger partial charge in [-0.2, -0.15) is 0 Å². The predicted molar refractivity (Wildman–Crippen MR) is 85.3 cm³/mol. The first-order chi connectivity index (χ1) is 10.0. The molecule has 1 amide bonds. The molecule has 0 radical (unpaired) electrons. The standard InChI is InChI=1S/C15H12Cl3NO2/c16-11-3-5-13(6-4-11)21-9-15(20)19-8-10-1-2-12(17)7-14(10)18/h1-7H,8-9H2,(H,19,20). The van der Waals surface area contributed by atoms with E-state index in [1.54, 1.807) is 42.5 Å². The van der Waals surface area contributed by atoms with Crippen molar-refractivity contribution in [2.24, 2.45) is 0 Å². The summed E-state index contributed by atoms with van der Waals surface area (Å²) >= 11 is 17.6. The smallest absolute Gasteiger partial charge is 0.258 e. The number of nitrogens with one attached hydrogen (secondary N) is 1. The van der Waals surface area contributed by atoms with Crippen molar-refractivity contribution in [1.29, 1.82) is 0 Å². The topological polar surface area (TPSA) is 38.3 Å². The van der Waals surface area contributed by atoms with Gasteiger partial charge in [0.2, 0.25) is 0 Å². The second kappa shape index (κ2) is 7.55. The van der Waals surface area contributed by atoms with Crippen LogP contribution in [0.1, 0.15) is 5.56 Å². The number of benzene rings is 2. The van der Waals surface area contributed by atoms with E-state index >= 15 is 0 Å². The zero-order valence-corrected chi connectivity index (χ0v) is 13.2. The zero-order chi connectivity index (χ0) is 15.2. The monoisotopic (exact) mass is 343 g/mol. The van der Waals surface area contributed by atoms with E-state index in [9.17, 15) is 4.79 Å². The molecular formula is C15H12Cl3NO2. The Labute approximate surface area is 137 Å². The summed E-state index contributed by atoms with van der Waals surface area (Å²) in [4.78, 5) is 11.7. The van der Waals surface area contributed by atoms with Gasteiger partial charge in [-0.15, -0.1) is 0 Å². The summed E-state index contributed by atoms with van der Waals surface area (Å²) in [6.07, 6.45) is 0. The summed E-state index contributed by atoms with van der Waals surface area (Å²) in [5.41, 5.74) is 0.793. The number of carbonyl (C=O) groups excluding carboxylic acids is 1. The van der Waals surface area contributed by atoms with Gasteiger partial charge >= 0.3 is 0 Å². The van der Waals surface area contributed by atoms with Crippen LogP contribution in [0.2, 0.25) is 15.1 Å². The maximum absolute atomic E-state index is 11.7.